The topological polar surface area (TPSA) is 36.9 Å². The summed E-state index contributed by atoms with van der Waals surface area (Å²) in [6.45, 7) is 1.66. The minimum Gasteiger partial charge on any atom is -0.353 e. The van der Waals surface area contributed by atoms with Crippen molar-refractivity contribution in [3.05, 3.63) is 12.2 Å². The number of hydrogen-bond acceptors (Lipinski definition) is 4. The highest BCUT2D eigenvalue weighted by atomic mass is 16.7. The van der Waals surface area contributed by atoms with Gasteiger partial charge in [0.2, 0.25) is 0 Å². The van der Waals surface area contributed by atoms with Crippen molar-refractivity contribution in [2.24, 2.45) is 11.8 Å². The first-order valence-corrected chi connectivity index (χ1v) is 8.62. The van der Waals surface area contributed by atoms with Crippen LogP contribution in [0.3, 0.4) is 0 Å². The van der Waals surface area contributed by atoms with E-state index in [1.807, 2.05) is 0 Å². The maximum Gasteiger partial charge on any atom is 0.158 e. The third kappa shape index (κ3) is 3.04. The molecule has 6 atom stereocenters. The molecule has 0 aromatic rings. The van der Waals surface area contributed by atoms with Crippen molar-refractivity contribution in [2.75, 3.05) is 13.2 Å². The summed E-state index contributed by atoms with van der Waals surface area (Å²) in [6, 6.07) is 0. The minimum absolute atomic E-state index is 0.0325. The fourth-order valence-corrected chi connectivity index (χ4v) is 4.08. The molecule has 4 heteroatoms. The molecule has 6 unspecified atom stereocenters. The van der Waals surface area contributed by atoms with Crippen LogP contribution in [0.25, 0.3) is 0 Å². The second kappa shape index (κ2) is 6.37. The summed E-state index contributed by atoms with van der Waals surface area (Å²) < 4.78 is 24.1. The zero-order valence-electron chi connectivity index (χ0n) is 12.6. The lowest BCUT2D eigenvalue weighted by atomic mass is 10.0. The molecule has 0 spiro atoms. The Hall–Kier alpha value is -0.420. The average Bonchev–Trinajstić information content (AvgIpc) is 3.13. The van der Waals surface area contributed by atoms with Crippen molar-refractivity contribution in [3.63, 3.8) is 0 Å². The first-order valence-electron chi connectivity index (χ1n) is 8.62. The molecular formula is C17H26O4. The predicted molar refractivity (Wildman–Crippen MR) is 77.7 cm³/mol. The first kappa shape index (κ1) is 14.2. The Bertz CT molecular complexity index is 337. The Morgan fingerprint density at radius 2 is 1.24 bits per heavy atom. The third-order valence-corrected chi connectivity index (χ3v) is 5.21. The van der Waals surface area contributed by atoms with E-state index in [0.717, 1.165) is 45.3 Å². The van der Waals surface area contributed by atoms with Crippen molar-refractivity contribution in [3.8, 4) is 0 Å². The minimum atomic E-state index is -0.0325. The van der Waals surface area contributed by atoms with E-state index >= 15 is 0 Å². The summed E-state index contributed by atoms with van der Waals surface area (Å²) in [4.78, 5) is 0. The van der Waals surface area contributed by atoms with Crippen molar-refractivity contribution in [2.45, 2.75) is 69.7 Å². The van der Waals surface area contributed by atoms with Crippen LogP contribution in [0.1, 0.15) is 44.9 Å². The highest BCUT2D eigenvalue weighted by Crippen LogP contribution is 2.44. The fourth-order valence-electron chi connectivity index (χ4n) is 4.08. The zero-order chi connectivity index (χ0) is 14.1. The molecule has 0 amide bonds. The van der Waals surface area contributed by atoms with Crippen molar-refractivity contribution in [1.29, 1.82) is 0 Å². The molecule has 2 aliphatic carbocycles. The van der Waals surface area contributed by atoms with Crippen LogP contribution < -0.4 is 0 Å². The summed E-state index contributed by atoms with van der Waals surface area (Å²) in [5, 5.41) is 0. The Morgan fingerprint density at radius 3 is 1.67 bits per heavy atom. The van der Waals surface area contributed by atoms with Crippen molar-refractivity contribution < 1.29 is 18.9 Å². The predicted octanol–water partition coefficient (Wildman–Crippen LogP) is 3.02. The molecule has 4 aliphatic rings. The van der Waals surface area contributed by atoms with Crippen LogP contribution in [0, 0.1) is 11.8 Å². The van der Waals surface area contributed by atoms with E-state index in [0.29, 0.717) is 11.8 Å². The lowest BCUT2D eigenvalue weighted by Crippen LogP contribution is -2.42. The van der Waals surface area contributed by atoms with Crippen LogP contribution in [-0.4, -0.2) is 38.0 Å². The molecule has 2 bridgehead atoms. The van der Waals surface area contributed by atoms with E-state index < -0.39 is 0 Å². The maximum absolute atomic E-state index is 6.29. The molecule has 0 radical (unpaired) electrons. The van der Waals surface area contributed by atoms with Crippen molar-refractivity contribution >= 4 is 0 Å². The largest absolute Gasteiger partial charge is 0.353 e. The van der Waals surface area contributed by atoms with E-state index in [-0.39, 0.29) is 24.8 Å². The van der Waals surface area contributed by atoms with E-state index in [1.54, 1.807) is 0 Å². The van der Waals surface area contributed by atoms with Gasteiger partial charge in [-0.2, -0.15) is 0 Å². The standard InChI is InChI=1S/C17H26O4/c1-3-9-18-14(5-1)20-16-12-7-8-13(11-12)17(16)21-15-6-2-4-10-19-15/h7-8,12-17H,1-6,9-11H2. The summed E-state index contributed by atoms with van der Waals surface area (Å²) in [6.07, 6.45) is 12.8. The van der Waals surface area contributed by atoms with Gasteiger partial charge in [0.1, 0.15) is 0 Å². The van der Waals surface area contributed by atoms with Gasteiger partial charge in [-0.1, -0.05) is 12.2 Å². The average molecular weight is 294 g/mol. The van der Waals surface area contributed by atoms with Crippen LogP contribution in [0.2, 0.25) is 0 Å². The van der Waals surface area contributed by atoms with Gasteiger partial charge in [-0.25, -0.2) is 0 Å². The second-order valence-electron chi connectivity index (χ2n) is 6.74. The van der Waals surface area contributed by atoms with Crippen LogP contribution in [0.4, 0.5) is 0 Å². The molecule has 3 fully saturated rings. The lowest BCUT2D eigenvalue weighted by Gasteiger charge is -2.35. The molecule has 4 nitrogen and oxygen atoms in total. The number of rotatable bonds is 4. The monoisotopic (exact) mass is 294 g/mol. The van der Waals surface area contributed by atoms with E-state index in [9.17, 15) is 0 Å². The Labute approximate surface area is 126 Å². The highest BCUT2D eigenvalue weighted by molar-refractivity contribution is 5.16. The van der Waals surface area contributed by atoms with Gasteiger partial charge >= 0.3 is 0 Å². The molecule has 4 rings (SSSR count). The van der Waals surface area contributed by atoms with Gasteiger partial charge in [-0.3, -0.25) is 0 Å². The van der Waals surface area contributed by atoms with E-state index in [4.69, 9.17) is 18.9 Å². The van der Waals surface area contributed by atoms with Crippen LogP contribution in [0.15, 0.2) is 12.2 Å². The summed E-state index contributed by atoms with van der Waals surface area (Å²) in [7, 11) is 0. The summed E-state index contributed by atoms with van der Waals surface area (Å²) in [5.74, 6) is 0.989. The quantitative estimate of drug-likeness (QED) is 0.747. The van der Waals surface area contributed by atoms with Gasteiger partial charge < -0.3 is 18.9 Å². The molecule has 21 heavy (non-hydrogen) atoms. The third-order valence-electron chi connectivity index (χ3n) is 5.21. The van der Waals surface area contributed by atoms with Gasteiger partial charge in [0.15, 0.2) is 12.6 Å². The van der Waals surface area contributed by atoms with Crippen molar-refractivity contribution in [1.82, 2.24) is 0 Å². The lowest BCUT2D eigenvalue weighted by molar-refractivity contribution is -0.250. The number of fused-ring (bicyclic) bond motifs is 2. The Morgan fingerprint density at radius 1 is 0.714 bits per heavy atom. The Kier molecular flexibility index (Phi) is 4.30. The van der Waals surface area contributed by atoms with Gasteiger partial charge in [0.05, 0.1) is 12.2 Å². The maximum atomic E-state index is 6.29. The SMILES string of the molecule is C1=CC2CC1C(OC1CCCCO1)C2OC1CCCCO1. The Balaban J connectivity index is 1.39. The van der Waals surface area contributed by atoms with Gasteiger partial charge in [0.25, 0.3) is 0 Å². The van der Waals surface area contributed by atoms with Gasteiger partial charge in [-0.05, 0) is 44.9 Å². The molecular weight excluding hydrogens is 268 g/mol. The van der Waals surface area contributed by atoms with Crippen LogP contribution in [-0.2, 0) is 18.9 Å². The molecule has 0 aromatic heterocycles. The fraction of sp³-hybridized carbons (Fsp3) is 0.882. The zero-order valence-corrected chi connectivity index (χ0v) is 12.6. The molecule has 0 aromatic carbocycles. The summed E-state index contributed by atoms with van der Waals surface area (Å²) in [5.41, 5.74) is 0. The first-order chi connectivity index (χ1) is 10.4. The smallest absolute Gasteiger partial charge is 0.158 e. The molecule has 0 N–H and O–H groups in total. The molecule has 118 valence electrons. The van der Waals surface area contributed by atoms with Crippen LogP contribution >= 0.6 is 0 Å². The molecule has 2 saturated heterocycles. The van der Waals surface area contributed by atoms with Crippen LogP contribution in [0.5, 0.6) is 0 Å². The number of hydrogen-bond donors (Lipinski definition) is 0. The molecule has 2 aliphatic heterocycles. The van der Waals surface area contributed by atoms with E-state index in [1.165, 1.54) is 12.8 Å². The second-order valence-corrected chi connectivity index (χ2v) is 6.74. The highest BCUT2D eigenvalue weighted by Gasteiger charge is 2.48. The number of ether oxygens (including phenoxy) is 4. The van der Waals surface area contributed by atoms with E-state index in [2.05, 4.69) is 12.2 Å². The van der Waals surface area contributed by atoms with Gasteiger partial charge in [-0.15, -0.1) is 0 Å². The van der Waals surface area contributed by atoms with Gasteiger partial charge in [0, 0.05) is 25.0 Å². The normalized spacial score (nSPS) is 46.1. The summed E-state index contributed by atoms with van der Waals surface area (Å²) >= 11 is 0. The molecule has 1 saturated carbocycles. The molecule has 2 heterocycles.